The second kappa shape index (κ2) is 6.16. The molecular formula is C17H24N2O2. The van der Waals surface area contributed by atoms with E-state index in [1.165, 1.54) is 19.4 Å². The number of benzene rings is 1. The molecule has 21 heavy (non-hydrogen) atoms. The molecule has 0 radical (unpaired) electrons. The number of rotatable bonds is 3. The maximum Gasteiger partial charge on any atom is 0.251 e. The zero-order chi connectivity index (χ0) is 14.8. The number of fused-ring (bicyclic) bond motifs is 1. The molecule has 2 saturated heterocycles. The van der Waals surface area contributed by atoms with E-state index >= 15 is 0 Å². The van der Waals surface area contributed by atoms with Crippen molar-refractivity contribution in [1.82, 2.24) is 10.2 Å². The first-order chi connectivity index (χ1) is 10.1. The van der Waals surface area contributed by atoms with E-state index in [-0.39, 0.29) is 12.0 Å². The van der Waals surface area contributed by atoms with Gasteiger partial charge in [-0.2, -0.15) is 0 Å². The van der Waals surface area contributed by atoms with Gasteiger partial charge in [0.25, 0.3) is 5.91 Å². The van der Waals surface area contributed by atoms with Gasteiger partial charge in [0.1, 0.15) is 0 Å². The number of aryl methyl sites for hydroxylation is 1. The van der Waals surface area contributed by atoms with E-state index < -0.39 is 0 Å². The normalized spacial score (nSPS) is 25.6. The lowest BCUT2D eigenvalue weighted by Crippen LogP contribution is -2.50. The van der Waals surface area contributed by atoms with Gasteiger partial charge in [-0.25, -0.2) is 0 Å². The first kappa shape index (κ1) is 14.5. The molecule has 2 heterocycles. The summed E-state index contributed by atoms with van der Waals surface area (Å²) in [5.41, 5.74) is 2.97. The molecule has 1 aromatic rings. The molecule has 0 saturated carbocycles. The van der Waals surface area contributed by atoms with Crippen LogP contribution in [0.2, 0.25) is 0 Å². The van der Waals surface area contributed by atoms with Crippen molar-refractivity contribution in [1.29, 1.82) is 0 Å². The van der Waals surface area contributed by atoms with Crippen molar-refractivity contribution in [2.45, 2.75) is 38.8 Å². The molecule has 1 aromatic carbocycles. The van der Waals surface area contributed by atoms with Gasteiger partial charge < -0.3 is 10.1 Å². The van der Waals surface area contributed by atoms with Gasteiger partial charge in [0.15, 0.2) is 0 Å². The Labute approximate surface area is 126 Å². The van der Waals surface area contributed by atoms with Gasteiger partial charge >= 0.3 is 0 Å². The molecule has 1 amide bonds. The molecule has 0 aliphatic carbocycles. The summed E-state index contributed by atoms with van der Waals surface area (Å²) >= 11 is 0. The Morgan fingerprint density at radius 3 is 3.14 bits per heavy atom. The van der Waals surface area contributed by atoms with Gasteiger partial charge in [0.2, 0.25) is 0 Å². The van der Waals surface area contributed by atoms with Crippen LogP contribution >= 0.6 is 0 Å². The molecule has 2 aliphatic rings. The second-order valence-corrected chi connectivity index (χ2v) is 6.20. The van der Waals surface area contributed by atoms with Crippen LogP contribution in [0.25, 0.3) is 0 Å². The summed E-state index contributed by atoms with van der Waals surface area (Å²) in [4.78, 5) is 14.8. The van der Waals surface area contributed by atoms with E-state index in [9.17, 15) is 4.79 Å². The SMILES string of the molecule is Cc1cccc(C(=O)NC[C@@H]2CN3CCC[C@H]3CO2)c1C. The predicted octanol–water partition coefficient (Wildman–Crippen LogP) is 1.90. The number of amides is 1. The first-order valence-corrected chi connectivity index (χ1v) is 7.85. The monoisotopic (exact) mass is 288 g/mol. The zero-order valence-corrected chi connectivity index (χ0v) is 12.9. The van der Waals surface area contributed by atoms with Crippen molar-refractivity contribution >= 4 is 5.91 Å². The Bertz CT molecular complexity index is 530. The number of nitrogens with one attached hydrogen (secondary N) is 1. The maximum absolute atomic E-state index is 12.3. The molecule has 1 N–H and O–H groups in total. The fourth-order valence-electron chi connectivity index (χ4n) is 3.31. The molecule has 4 nitrogen and oxygen atoms in total. The quantitative estimate of drug-likeness (QED) is 0.923. The lowest BCUT2D eigenvalue weighted by molar-refractivity contribution is -0.0461. The average Bonchev–Trinajstić information content (AvgIpc) is 2.95. The zero-order valence-electron chi connectivity index (χ0n) is 12.9. The smallest absolute Gasteiger partial charge is 0.251 e. The van der Waals surface area contributed by atoms with E-state index in [1.807, 2.05) is 32.0 Å². The standard InChI is InChI=1S/C17H24N2O2/c1-12-5-3-7-16(13(12)2)17(20)18-9-15-10-19-8-4-6-14(19)11-21-15/h3,5,7,14-15H,4,6,8-11H2,1-2H3,(H,18,20)/t14-,15+/m0/s1. The van der Waals surface area contributed by atoms with Crippen molar-refractivity contribution in [2.24, 2.45) is 0 Å². The highest BCUT2D eigenvalue weighted by atomic mass is 16.5. The second-order valence-electron chi connectivity index (χ2n) is 6.20. The summed E-state index contributed by atoms with van der Waals surface area (Å²) in [5, 5.41) is 3.03. The van der Waals surface area contributed by atoms with Crippen molar-refractivity contribution < 1.29 is 9.53 Å². The Hall–Kier alpha value is -1.39. The van der Waals surface area contributed by atoms with Gasteiger partial charge in [0, 0.05) is 24.7 Å². The first-order valence-electron chi connectivity index (χ1n) is 7.85. The highest BCUT2D eigenvalue weighted by molar-refractivity contribution is 5.95. The number of nitrogens with zero attached hydrogens (tertiary/aromatic N) is 1. The van der Waals surface area contributed by atoms with E-state index in [1.54, 1.807) is 0 Å². The van der Waals surface area contributed by atoms with E-state index in [0.29, 0.717) is 12.6 Å². The van der Waals surface area contributed by atoms with Crippen LogP contribution in [0.3, 0.4) is 0 Å². The van der Waals surface area contributed by atoms with Crippen LogP contribution in [0, 0.1) is 13.8 Å². The number of hydrogen-bond acceptors (Lipinski definition) is 3. The molecule has 0 aromatic heterocycles. The van der Waals surface area contributed by atoms with E-state index in [0.717, 1.165) is 29.8 Å². The summed E-state index contributed by atoms with van der Waals surface area (Å²) in [6, 6.07) is 6.46. The third-order valence-electron chi connectivity index (χ3n) is 4.80. The van der Waals surface area contributed by atoms with Crippen molar-refractivity contribution in [3.8, 4) is 0 Å². The third kappa shape index (κ3) is 3.11. The Balaban J connectivity index is 1.55. The average molecular weight is 288 g/mol. The maximum atomic E-state index is 12.3. The molecule has 0 spiro atoms. The lowest BCUT2D eigenvalue weighted by Gasteiger charge is -2.35. The molecule has 2 atom stereocenters. The van der Waals surface area contributed by atoms with Crippen LogP contribution in [-0.4, -0.2) is 49.2 Å². The van der Waals surface area contributed by atoms with Crippen molar-refractivity contribution in [3.63, 3.8) is 0 Å². The summed E-state index contributed by atoms with van der Waals surface area (Å²) in [6.45, 7) is 7.55. The third-order valence-corrected chi connectivity index (χ3v) is 4.80. The number of hydrogen-bond donors (Lipinski definition) is 1. The molecule has 114 valence electrons. The highest BCUT2D eigenvalue weighted by Gasteiger charge is 2.32. The van der Waals surface area contributed by atoms with E-state index in [4.69, 9.17) is 4.74 Å². The van der Waals surface area contributed by atoms with Crippen LogP contribution in [0.4, 0.5) is 0 Å². The molecule has 0 bridgehead atoms. The summed E-state index contributed by atoms with van der Waals surface area (Å²) in [5.74, 6) is 0.00310. The molecule has 0 unspecified atom stereocenters. The summed E-state index contributed by atoms with van der Waals surface area (Å²) in [7, 11) is 0. The Morgan fingerprint density at radius 1 is 1.43 bits per heavy atom. The predicted molar refractivity (Wildman–Crippen MR) is 82.6 cm³/mol. The largest absolute Gasteiger partial charge is 0.373 e. The minimum Gasteiger partial charge on any atom is -0.373 e. The minimum absolute atomic E-state index is 0.00310. The Kier molecular flexibility index (Phi) is 4.27. The lowest BCUT2D eigenvalue weighted by atomic mass is 10.0. The highest BCUT2D eigenvalue weighted by Crippen LogP contribution is 2.22. The van der Waals surface area contributed by atoms with Crippen LogP contribution in [0.5, 0.6) is 0 Å². The number of carbonyl (C=O) groups excluding carboxylic acids is 1. The molecule has 2 aliphatic heterocycles. The van der Waals surface area contributed by atoms with Crippen molar-refractivity contribution in [2.75, 3.05) is 26.2 Å². The van der Waals surface area contributed by atoms with Crippen LogP contribution in [-0.2, 0) is 4.74 Å². The van der Waals surface area contributed by atoms with Gasteiger partial charge in [-0.1, -0.05) is 12.1 Å². The molecule has 2 fully saturated rings. The fraction of sp³-hybridized carbons (Fsp3) is 0.588. The Morgan fingerprint density at radius 2 is 2.29 bits per heavy atom. The number of carbonyl (C=O) groups is 1. The van der Waals surface area contributed by atoms with Crippen molar-refractivity contribution in [3.05, 3.63) is 34.9 Å². The van der Waals surface area contributed by atoms with Gasteiger partial charge in [-0.3, -0.25) is 9.69 Å². The van der Waals surface area contributed by atoms with Gasteiger partial charge in [-0.15, -0.1) is 0 Å². The molecule has 3 rings (SSSR count). The van der Waals surface area contributed by atoms with Gasteiger partial charge in [-0.05, 0) is 50.4 Å². The van der Waals surface area contributed by atoms with Crippen LogP contribution in [0.1, 0.15) is 34.3 Å². The fourth-order valence-corrected chi connectivity index (χ4v) is 3.31. The number of ether oxygens (including phenoxy) is 1. The molecule has 4 heteroatoms. The minimum atomic E-state index is 0.00310. The van der Waals surface area contributed by atoms with Crippen LogP contribution in [0.15, 0.2) is 18.2 Å². The summed E-state index contributed by atoms with van der Waals surface area (Å²) in [6.07, 6.45) is 2.64. The summed E-state index contributed by atoms with van der Waals surface area (Å²) < 4.78 is 5.88. The molecular weight excluding hydrogens is 264 g/mol. The number of morpholine rings is 1. The topological polar surface area (TPSA) is 41.6 Å². The van der Waals surface area contributed by atoms with E-state index in [2.05, 4.69) is 10.2 Å². The van der Waals surface area contributed by atoms with Crippen LogP contribution < -0.4 is 5.32 Å². The van der Waals surface area contributed by atoms with Gasteiger partial charge in [0.05, 0.1) is 12.7 Å².